The Balaban J connectivity index is 1.72. The van der Waals surface area contributed by atoms with Crippen LogP contribution in [0.2, 0.25) is 0 Å². The van der Waals surface area contributed by atoms with Gasteiger partial charge in [0.2, 0.25) is 15.9 Å². The lowest BCUT2D eigenvalue weighted by Gasteiger charge is -2.24. The summed E-state index contributed by atoms with van der Waals surface area (Å²) in [6.45, 7) is 1.28. The van der Waals surface area contributed by atoms with Crippen molar-refractivity contribution in [2.24, 2.45) is 0 Å². The molecule has 0 unspecified atom stereocenters. The molecule has 1 atom stereocenters. The number of hydrogen-bond acceptors (Lipinski definition) is 3. The van der Waals surface area contributed by atoms with Crippen LogP contribution in [0.15, 0.2) is 42.5 Å². The summed E-state index contributed by atoms with van der Waals surface area (Å²) in [4.78, 5) is 12.6. The maximum atomic E-state index is 12.8. The fourth-order valence-corrected chi connectivity index (χ4v) is 4.60. The lowest BCUT2D eigenvalue weighted by Crippen LogP contribution is -2.41. The zero-order valence-corrected chi connectivity index (χ0v) is 18.2. The van der Waals surface area contributed by atoms with Crippen molar-refractivity contribution in [3.8, 4) is 0 Å². The summed E-state index contributed by atoms with van der Waals surface area (Å²) in [6.07, 6.45) is 0.727. The number of sulfonamides is 1. The number of alkyl halides is 3. The van der Waals surface area contributed by atoms with E-state index in [1.807, 2.05) is 13.0 Å². The second-order valence-corrected chi connectivity index (χ2v) is 9.75. The third-order valence-electron chi connectivity index (χ3n) is 5.42. The number of aryl methyl sites for hydroxylation is 2. The molecule has 9 heteroatoms. The SMILES string of the molecule is C[C@H](NC(=O)CN(c1ccc(C(F)(F)F)cc1)S(C)(=O)=O)c1ccc2c(c1)CCCC2. The number of carbonyl (C=O) groups is 1. The average Bonchev–Trinajstić information content (AvgIpc) is 2.70. The van der Waals surface area contributed by atoms with Crippen LogP contribution in [-0.2, 0) is 33.8 Å². The van der Waals surface area contributed by atoms with E-state index in [0.717, 1.165) is 59.7 Å². The largest absolute Gasteiger partial charge is 0.416 e. The summed E-state index contributed by atoms with van der Waals surface area (Å²) in [7, 11) is -3.88. The molecule has 0 spiro atoms. The van der Waals surface area contributed by atoms with Gasteiger partial charge in [0.25, 0.3) is 0 Å². The fourth-order valence-electron chi connectivity index (χ4n) is 3.74. The Morgan fingerprint density at radius 1 is 1.06 bits per heavy atom. The third-order valence-corrected chi connectivity index (χ3v) is 6.56. The molecule has 5 nitrogen and oxygen atoms in total. The molecule has 0 saturated carbocycles. The molecule has 2 aromatic rings. The van der Waals surface area contributed by atoms with Crippen LogP contribution in [-0.4, -0.2) is 27.1 Å². The van der Waals surface area contributed by atoms with Crippen molar-refractivity contribution in [2.75, 3.05) is 17.1 Å². The van der Waals surface area contributed by atoms with Gasteiger partial charge in [0.05, 0.1) is 23.5 Å². The molecule has 1 aliphatic rings. The second-order valence-electron chi connectivity index (χ2n) is 7.84. The molecular formula is C22H25F3N2O3S. The molecule has 0 heterocycles. The van der Waals surface area contributed by atoms with Crippen LogP contribution in [0.25, 0.3) is 0 Å². The fraction of sp³-hybridized carbons (Fsp3) is 0.409. The number of amides is 1. The quantitative estimate of drug-likeness (QED) is 0.711. The van der Waals surface area contributed by atoms with Gasteiger partial charge in [-0.3, -0.25) is 9.10 Å². The van der Waals surface area contributed by atoms with Gasteiger partial charge >= 0.3 is 6.18 Å². The molecule has 1 amide bonds. The van der Waals surface area contributed by atoms with Gasteiger partial charge in [-0.15, -0.1) is 0 Å². The van der Waals surface area contributed by atoms with Crippen LogP contribution in [0, 0.1) is 0 Å². The van der Waals surface area contributed by atoms with Crippen molar-refractivity contribution in [3.05, 3.63) is 64.7 Å². The van der Waals surface area contributed by atoms with Gasteiger partial charge in [0, 0.05) is 0 Å². The summed E-state index contributed by atoms with van der Waals surface area (Å²) in [6, 6.07) is 9.44. The Labute approximate surface area is 180 Å². The van der Waals surface area contributed by atoms with E-state index in [4.69, 9.17) is 0 Å². The first-order valence-electron chi connectivity index (χ1n) is 10.0. The highest BCUT2D eigenvalue weighted by atomic mass is 32.2. The maximum absolute atomic E-state index is 12.8. The highest BCUT2D eigenvalue weighted by Crippen LogP contribution is 2.31. The van der Waals surface area contributed by atoms with Crippen LogP contribution in [0.3, 0.4) is 0 Å². The number of halogens is 3. The van der Waals surface area contributed by atoms with Crippen molar-refractivity contribution in [1.29, 1.82) is 0 Å². The highest BCUT2D eigenvalue weighted by Gasteiger charge is 2.31. The van der Waals surface area contributed by atoms with Crippen molar-refractivity contribution in [1.82, 2.24) is 5.32 Å². The number of benzene rings is 2. The van der Waals surface area contributed by atoms with E-state index in [-0.39, 0.29) is 11.7 Å². The van der Waals surface area contributed by atoms with Crippen LogP contribution >= 0.6 is 0 Å². The van der Waals surface area contributed by atoms with Crippen LogP contribution < -0.4 is 9.62 Å². The number of anilines is 1. The molecule has 31 heavy (non-hydrogen) atoms. The van der Waals surface area contributed by atoms with E-state index in [0.29, 0.717) is 0 Å². The monoisotopic (exact) mass is 454 g/mol. The molecule has 0 bridgehead atoms. The van der Waals surface area contributed by atoms with E-state index in [9.17, 15) is 26.4 Å². The molecule has 3 rings (SSSR count). The van der Waals surface area contributed by atoms with Crippen molar-refractivity contribution in [3.63, 3.8) is 0 Å². The molecule has 1 N–H and O–H groups in total. The van der Waals surface area contributed by atoms with Crippen LogP contribution in [0.1, 0.15) is 48.1 Å². The summed E-state index contributed by atoms with van der Waals surface area (Å²) in [5, 5.41) is 2.79. The Hall–Kier alpha value is -2.55. The summed E-state index contributed by atoms with van der Waals surface area (Å²) >= 11 is 0. The van der Waals surface area contributed by atoms with Gasteiger partial charge < -0.3 is 5.32 Å². The third kappa shape index (κ3) is 5.78. The molecule has 0 aromatic heterocycles. The van der Waals surface area contributed by atoms with Crippen LogP contribution in [0.4, 0.5) is 18.9 Å². The number of hydrogen-bond donors (Lipinski definition) is 1. The molecular weight excluding hydrogens is 429 g/mol. The van der Waals surface area contributed by atoms with E-state index in [1.54, 1.807) is 0 Å². The molecule has 0 aliphatic heterocycles. The highest BCUT2D eigenvalue weighted by molar-refractivity contribution is 7.92. The second kappa shape index (κ2) is 8.90. The van der Waals surface area contributed by atoms with Crippen LogP contribution in [0.5, 0.6) is 0 Å². The lowest BCUT2D eigenvalue weighted by atomic mass is 9.89. The van der Waals surface area contributed by atoms with E-state index >= 15 is 0 Å². The summed E-state index contributed by atoms with van der Waals surface area (Å²) < 4.78 is 63.5. The van der Waals surface area contributed by atoms with E-state index < -0.39 is 34.2 Å². The first-order valence-corrected chi connectivity index (χ1v) is 11.9. The van der Waals surface area contributed by atoms with E-state index in [2.05, 4.69) is 17.4 Å². The van der Waals surface area contributed by atoms with Gasteiger partial charge in [0.1, 0.15) is 6.54 Å². The molecule has 168 valence electrons. The number of nitrogens with one attached hydrogen (secondary N) is 1. The number of nitrogens with zero attached hydrogens (tertiary/aromatic N) is 1. The molecule has 0 saturated heterocycles. The Morgan fingerprint density at radius 2 is 1.68 bits per heavy atom. The Kier molecular flexibility index (Phi) is 6.64. The average molecular weight is 455 g/mol. The zero-order valence-electron chi connectivity index (χ0n) is 17.4. The topological polar surface area (TPSA) is 66.5 Å². The van der Waals surface area contributed by atoms with Gasteiger partial charge in [-0.1, -0.05) is 18.2 Å². The van der Waals surface area contributed by atoms with Crippen molar-refractivity contribution >= 4 is 21.6 Å². The summed E-state index contributed by atoms with van der Waals surface area (Å²) in [5.74, 6) is -0.546. The predicted octanol–water partition coefficient (Wildman–Crippen LogP) is 4.23. The molecule has 0 fully saturated rings. The zero-order chi connectivity index (χ0) is 22.8. The normalized spacial score (nSPS) is 15.1. The number of rotatable bonds is 6. The Morgan fingerprint density at radius 3 is 2.26 bits per heavy atom. The Bertz CT molecular complexity index is 1050. The number of fused-ring (bicyclic) bond motifs is 1. The van der Waals surface area contributed by atoms with E-state index in [1.165, 1.54) is 17.5 Å². The summed E-state index contributed by atoms with van der Waals surface area (Å²) in [5.41, 5.74) is 2.61. The lowest BCUT2D eigenvalue weighted by molar-refractivity contribution is -0.137. The molecule has 0 radical (unpaired) electrons. The van der Waals surface area contributed by atoms with Gasteiger partial charge in [-0.25, -0.2) is 8.42 Å². The first-order chi connectivity index (χ1) is 14.4. The minimum Gasteiger partial charge on any atom is -0.348 e. The molecule has 1 aliphatic carbocycles. The number of carbonyl (C=O) groups excluding carboxylic acids is 1. The maximum Gasteiger partial charge on any atom is 0.416 e. The van der Waals surface area contributed by atoms with Crippen molar-refractivity contribution < 1.29 is 26.4 Å². The van der Waals surface area contributed by atoms with Gasteiger partial charge in [-0.05, 0) is 73.6 Å². The minimum atomic E-state index is -4.53. The van der Waals surface area contributed by atoms with Gasteiger partial charge in [-0.2, -0.15) is 13.2 Å². The minimum absolute atomic E-state index is 0.00733. The molecule has 2 aromatic carbocycles. The smallest absolute Gasteiger partial charge is 0.348 e. The standard InChI is InChI=1S/C22H25F3N2O3S/c1-15(17-8-7-16-5-3-4-6-18(16)13-17)26-21(28)14-27(31(2,29)30)20-11-9-19(10-12-20)22(23,24)25/h7-13,15H,3-6,14H2,1-2H3,(H,26,28)/t15-/m0/s1. The first kappa shape index (κ1) is 23.1. The van der Waals surface area contributed by atoms with Gasteiger partial charge in [0.15, 0.2) is 0 Å². The van der Waals surface area contributed by atoms with Crippen molar-refractivity contribution in [2.45, 2.75) is 44.8 Å². The predicted molar refractivity (Wildman–Crippen MR) is 113 cm³/mol.